The normalized spacial score (nSPS) is 11.6. The number of hydrogen-bond acceptors (Lipinski definition) is 4. The number of hydrogen-bond donors (Lipinski definition) is 2. The van der Waals surface area contributed by atoms with Crippen molar-refractivity contribution >= 4 is 45.6 Å². The van der Waals surface area contributed by atoms with Crippen LogP contribution in [0.25, 0.3) is 22.1 Å². The van der Waals surface area contributed by atoms with E-state index in [4.69, 9.17) is 9.97 Å². The molecule has 5 aromatic rings. The summed E-state index contributed by atoms with van der Waals surface area (Å²) in [4.78, 5) is 16.4. The fourth-order valence-corrected chi connectivity index (χ4v) is 5.96. The monoisotopic (exact) mass is 458 g/mol. The van der Waals surface area contributed by atoms with E-state index in [0.29, 0.717) is 0 Å². The number of aromatic amines is 2. The van der Waals surface area contributed by atoms with Crippen LogP contribution in [-0.2, 0) is 11.5 Å². The van der Waals surface area contributed by atoms with Gasteiger partial charge in [-0.2, -0.15) is 0 Å². The molecular formula is C26H26N4S2. The second-order valence-corrected chi connectivity index (χ2v) is 10.3. The Morgan fingerprint density at radius 2 is 1.25 bits per heavy atom. The molecule has 2 aromatic heterocycles. The van der Waals surface area contributed by atoms with Crippen LogP contribution in [0.2, 0.25) is 0 Å². The Balaban J connectivity index is 1.32. The Bertz CT molecular complexity index is 1430. The molecule has 2 N–H and O–H groups in total. The van der Waals surface area contributed by atoms with Crippen LogP contribution in [0.1, 0.15) is 33.4 Å². The minimum absolute atomic E-state index is 0.895. The van der Waals surface area contributed by atoms with Crippen molar-refractivity contribution in [1.29, 1.82) is 0 Å². The Labute approximate surface area is 196 Å². The molecule has 4 nitrogen and oxygen atoms in total. The van der Waals surface area contributed by atoms with Crippen LogP contribution in [0.3, 0.4) is 0 Å². The third-order valence-corrected chi connectivity index (χ3v) is 7.72. The van der Waals surface area contributed by atoms with Gasteiger partial charge in [0, 0.05) is 11.5 Å². The fraction of sp³-hybridized carbons (Fsp3) is 0.231. The number of aryl methyl sites for hydroxylation is 3. The van der Waals surface area contributed by atoms with E-state index in [0.717, 1.165) is 43.9 Å². The second kappa shape index (κ2) is 8.68. The number of benzene rings is 3. The van der Waals surface area contributed by atoms with Crippen LogP contribution in [0.5, 0.6) is 0 Å². The summed E-state index contributed by atoms with van der Waals surface area (Å²) in [6, 6.07) is 17.2. The molecule has 6 heteroatoms. The van der Waals surface area contributed by atoms with E-state index >= 15 is 0 Å². The predicted molar refractivity (Wildman–Crippen MR) is 137 cm³/mol. The van der Waals surface area contributed by atoms with Gasteiger partial charge in [-0.3, -0.25) is 0 Å². The van der Waals surface area contributed by atoms with Crippen molar-refractivity contribution in [2.75, 3.05) is 0 Å². The lowest BCUT2D eigenvalue weighted by Gasteiger charge is -2.13. The molecule has 0 fully saturated rings. The minimum atomic E-state index is 0.895. The van der Waals surface area contributed by atoms with Crippen molar-refractivity contribution in [3.63, 3.8) is 0 Å². The number of H-pyrrole nitrogens is 2. The zero-order chi connectivity index (χ0) is 22.2. The summed E-state index contributed by atoms with van der Waals surface area (Å²) >= 11 is 3.53. The van der Waals surface area contributed by atoms with Gasteiger partial charge in [-0.15, -0.1) is 0 Å². The predicted octanol–water partition coefficient (Wildman–Crippen LogP) is 7.26. The molecule has 0 amide bonds. The summed E-state index contributed by atoms with van der Waals surface area (Å²) in [5, 5.41) is 1.95. The zero-order valence-electron chi connectivity index (χ0n) is 18.7. The average molecular weight is 459 g/mol. The largest absolute Gasteiger partial charge is 0.333 e. The summed E-state index contributed by atoms with van der Waals surface area (Å²) in [5.74, 6) is 1.80. The Hall–Kier alpha value is -2.70. The van der Waals surface area contributed by atoms with Gasteiger partial charge in [0.25, 0.3) is 0 Å². The van der Waals surface area contributed by atoms with E-state index in [1.807, 2.05) is 0 Å². The highest BCUT2D eigenvalue weighted by atomic mass is 32.2. The average Bonchev–Trinajstić information content (AvgIpc) is 3.35. The third kappa shape index (κ3) is 4.30. The first-order valence-electron chi connectivity index (χ1n) is 10.7. The van der Waals surface area contributed by atoms with Crippen molar-refractivity contribution < 1.29 is 0 Å². The van der Waals surface area contributed by atoms with E-state index in [2.05, 4.69) is 86.2 Å². The van der Waals surface area contributed by atoms with E-state index < -0.39 is 0 Å². The maximum atomic E-state index is 4.74. The van der Waals surface area contributed by atoms with Gasteiger partial charge in [-0.25, -0.2) is 9.97 Å². The van der Waals surface area contributed by atoms with Crippen molar-refractivity contribution in [2.45, 2.75) is 49.5 Å². The van der Waals surface area contributed by atoms with Gasteiger partial charge in [0.15, 0.2) is 10.3 Å². The number of nitrogens with zero attached hydrogens (tertiary/aromatic N) is 2. The molecule has 0 aliphatic heterocycles. The highest BCUT2D eigenvalue weighted by Crippen LogP contribution is 2.31. The van der Waals surface area contributed by atoms with Gasteiger partial charge in [0.1, 0.15) is 0 Å². The van der Waals surface area contributed by atoms with Crippen LogP contribution in [-0.4, -0.2) is 19.9 Å². The topological polar surface area (TPSA) is 57.4 Å². The number of thioether (sulfide) groups is 2. The number of aromatic nitrogens is 4. The van der Waals surface area contributed by atoms with Crippen LogP contribution in [0.4, 0.5) is 0 Å². The Morgan fingerprint density at radius 1 is 0.688 bits per heavy atom. The molecule has 0 saturated heterocycles. The third-order valence-electron chi connectivity index (χ3n) is 5.89. The van der Waals surface area contributed by atoms with Gasteiger partial charge in [-0.05, 0) is 85.3 Å². The summed E-state index contributed by atoms with van der Waals surface area (Å²) in [7, 11) is 0. The molecule has 32 heavy (non-hydrogen) atoms. The molecule has 0 bridgehead atoms. The van der Waals surface area contributed by atoms with Crippen molar-refractivity contribution in [2.24, 2.45) is 0 Å². The molecule has 2 heterocycles. The molecule has 0 saturated carbocycles. The highest BCUT2D eigenvalue weighted by molar-refractivity contribution is 7.98. The molecule has 5 rings (SSSR count). The van der Waals surface area contributed by atoms with Crippen LogP contribution in [0.15, 0.2) is 58.8 Å². The highest BCUT2D eigenvalue weighted by Gasteiger charge is 2.12. The Morgan fingerprint density at radius 3 is 1.84 bits per heavy atom. The Kier molecular flexibility index (Phi) is 5.74. The van der Waals surface area contributed by atoms with Crippen molar-refractivity contribution in [3.05, 3.63) is 81.9 Å². The maximum absolute atomic E-state index is 4.74. The van der Waals surface area contributed by atoms with E-state index in [9.17, 15) is 0 Å². The quantitative estimate of drug-likeness (QED) is 0.263. The first-order chi connectivity index (χ1) is 15.5. The van der Waals surface area contributed by atoms with Gasteiger partial charge in [0.2, 0.25) is 0 Å². The lowest BCUT2D eigenvalue weighted by molar-refractivity contribution is 1.07. The van der Waals surface area contributed by atoms with E-state index in [1.54, 1.807) is 23.5 Å². The van der Waals surface area contributed by atoms with Gasteiger partial charge in [0.05, 0.1) is 22.1 Å². The molecule has 0 atom stereocenters. The number of rotatable bonds is 6. The molecule has 162 valence electrons. The SMILES string of the molecule is Cc1ccc2nc(SCc3ccc(C)c(CSc4nc5ccc(C)cc5[nH]4)c3C)[nH]c2c1. The summed E-state index contributed by atoms with van der Waals surface area (Å²) in [6.07, 6.45) is 0. The minimum Gasteiger partial charge on any atom is -0.333 e. The first kappa shape index (κ1) is 21.2. The van der Waals surface area contributed by atoms with Crippen LogP contribution in [0, 0.1) is 27.7 Å². The summed E-state index contributed by atoms with van der Waals surface area (Å²) in [5.41, 5.74) is 12.2. The molecule has 0 radical (unpaired) electrons. The maximum Gasteiger partial charge on any atom is 0.166 e. The van der Waals surface area contributed by atoms with E-state index in [-0.39, 0.29) is 0 Å². The number of imidazole rings is 2. The number of fused-ring (bicyclic) bond motifs is 2. The molecule has 0 aliphatic rings. The van der Waals surface area contributed by atoms with Gasteiger partial charge < -0.3 is 9.97 Å². The molecular weight excluding hydrogens is 432 g/mol. The van der Waals surface area contributed by atoms with E-state index in [1.165, 1.54) is 33.4 Å². The summed E-state index contributed by atoms with van der Waals surface area (Å²) in [6.45, 7) is 8.65. The molecule has 3 aromatic carbocycles. The lowest BCUT2D eigenvalue weighted by Crippen LogP contribution is -1.97. The second-order valence-electron chi connectivity index (χ2n) is 8.35. The van der Waals surface area contributed by atoms with Crippen molar-refractivity contribution in [3.8, 4) is 0 Å². The summed E-state index contributed by atoms with van der Waals surface area (Å²) < 4.78 is 0. The fourth-order valence-electron chi connectivity index (χ4n) is 3.94. The van der Waals surface area contributed by atoms with Gasteiger partial charge >= 0.3 is 0 Å². The number of nitrogens with one attached hydrogen (secondary N) is 2. The standard InChI is InChI=1S/C26H26N4S2/c1-15-5-9-21-23(11-15)29-25(27-21)31-13-19-8-7-17(3)20(18(19)4)14-32-26-28-22-10-6-16(2)12-24(22)30-26/h5-12H,13-14H2,1-4H3,(H,27,29)(H,28,30). The van der Waals surface area contributed by atoms with Gasteiger partial charge in [-0.1, -0.05) is 47.8 Å². The smallest absolute Gasteiger partial charge is 0.166 e. The van der Waals surface area contributed by atoms with Crippen LogP contribution >= 0.6 is 23.5 Å². The molecule has 0 aliphatic carbocycles. The lowest BCUT2D eigenvalue weighted by atomic mass is 10.00. The molecule has 0 unspecified atom stereocenters. The first-order valence-corrected chi connectivity index (χ1v) is 12.7. The molecule has 0 spiro atoms. The zero-order valence-corrected chi connectivity index (χ0v) is 20.4. The van der Waals surface area contributed by atoms with Crippen LogP contribution < -0.4 is 0 Å². The van der Waals surface area contributed by atoms with Crippen molar-refractivity contribution in [1.82, 2.24) is 19.9 Å².